The normalized spacial score (nSPS) is 9.74. The molecule has 0 aliphatic rings. The van der Waals surface area contributed by atoms with E-state index in [0.717, 1.165) is 5.56 Å². The lowest BCUT2D eigenvalue weighted by molar-refractivity contribution is 0.0230. The Kier molecular flexibility index (Phi) is 3.93. The molecule has 19 heavy (non-hydrogen) atoms. The topological polar surface area (TPSA) is 55.4 Å². The second-order valence-electron chi connectivity index (χ2n) is 4.06. The molecule has 0 atom stereocenters. The fourth-order valence-corrected chi connectivity index (χ4v) is 1.57. The van der Waals surface area contributed by atoms with Crippen LogP contribution in [0.3, 0.4) is 0 Å². The first-order valence-electron chi connectivity index (χ1n) is 5.80. The summed E-state index contributed by atoms with van der Waals surface area (Å²) in [6.07, 6.45) is 0. The smallest absolute Gasteiger partial charge is 0.335 e. The van der Waals surface area contributed by atoms with E-state index in [1.165, 1.54) is 0 Å². The van der Waals surface area contributed by atoms with Gasteiger partial charge in [-0.15, -0.1) is 0 Å². The minimum absolute atomic E-state index is 0.382. The SMILES string of the molecule is Cc1cccc(C(=O)NOC(=O)c2ccccc2)c1. The molecule has 4 nitrogen and oxygen atoms in total. The maximum atomic E-state index is 11.7. The monoisotopic (exact) mass is 255 g/mol. The zero-order chi connectivity index (χ0) is 13.7. The van der Waals surface area contributed by atoms with Gasteiger partial charge in [0, 0.05) is 5.56 Å². The Morgan fingerprint density at radius 1 is 0.947 bits per heavy atom. The van der Waals surface area contributed by atoms with Crippen molar-refractivity contribution in [3.8, 4) is 0 Å². The fraction of sp³-hybridized carbons (Fsp3) is 0.0667. The molecule has 0 heterocycles. The highest BCUT2D eigenvalue weighted by atomic mass is 16.7. The number of carbonyl (C=O) groups excluding carboxylic acids is 2. The van der Waals surface area contributed by atoms with Crippen molar-refractivity contribution < 1.29 is 14.4 Å². The van der Waals surface area contributed by atoms with Gasteiger partial charge in [0.25, 0.3) is 5.91 Å². The number of aryl methyl sites for hydroxylation is 1. The van der Waals surface area contributed by atoms with Gasteiger partial charge in [-0.2, -0.15) is 5.48 Å². The van der Waals surface area contributed by atoms with Crippen LogP contribution in [-0.2, 0) is 4.84 Å². The van der Waals surface area contributed by atoms with Crippen LogP contribution in [0, 0.1) is 6.92 Å². The summed E-state index contributed by atoms with van der Waals surface area (Å²) in [4.78, 5) is 28.1. The molecule has 96 valence electrons. The molecule has 0 aliphatic carbocycles. The number of hydrogen-bond acceptors (Lipinski definition) is 3. The van der Waals surface area contributed by atoms with Crippen molar-refractivity contribution in [2.45, 2.75) is 6.92 Å². The first-order valence-corrected chi connectivity index (χ1v) is 5.80. The summed E-state index contributed by atoms with van der Waals surface area (Å²) in [5, 5.41) is 0. The molecule has 0 radical (unpaired) electrons. The molecule has 0 saturated carbocycles. The fourth-order valence-electron chi connectivity index (χ4n) is 1.57. The molecule has 2 aromatic carbocycles. The number of amides is 1. The van der Waals surface area contributed by atoms with E-state index >= 15 is 0 Å². The maximum Gasteiger partial charge on any atom is 0.362 e. The van der Waals surface area contributed by atoms with E-state index in [4.69, 9.17) is 4.84 Å². The van der Waals surface area contributed by atoms with Gasteiger partial charge in [-0.05, 0) is 31.2 Å². The molecule has 0 unspecified atom stereocenters. The Morgan fingerprint density at radius 2 is 1.63 bits per heavy atom. The van der Waals surface area contributed by atoms with Crippen molar-refractivity contribution in [2.24, 2.45) is 0 Å². The molecule has 4 heteroatoms. The second-order valence-corrected chi connectivity index (χ2v) is 4.06. The van der Waals surface area contributed by atoms with Crippen molar-refractivity contribution in [1.82, 2.24) is 5.48 Å². The summed E-state index contributed by atoms with van der Waals surface area (Å²) in [6, 6.07) is 15.5. The molecule has 2 rings (SSSR count). The van der Waals surface area contributed by atoms with E-state index in [1.54, 1.807) is 48.5 Å². The van der Waals surface area contributed by atoms with Gasteiger partial charge in [0.1, 0.15) is 0 Å². The molecule has 2 aromatic rings. The summed E-state index contributed by atoms with van der Waals surface area (Å²) in [5.41, 5.74) is 3.92. The first kappa shape index (κ1) is 12.8. The van der Waals surface area contributed by atoms with Gasteiger partial charge in [0.05, 0.1) is 5.56 Å². The average molecular weight is 255 g/mol. The van der Waals surface area contributed by atoms with Crippen molar-refractivity contribution in [3.05, 3.63) is 71.3 Å². The van der Waals surface area contributed by atoms with Crippen LogP contribution in [0.5, 0.6) is 0 Å². The minimum atomic E-state index is -0.596. The van der Waals surface area contributed by atoms with Gasteiger partial charge in [-0.3, -0.25) is 4.79 Å². The largest absolute Gasteiger partial charge is 0.362 e. The molecular formula is C15H13NO3. The molecular weight excluding hydrogens is 242 g/mol. The summed E-state index contributed by atoms with van der Waals surface area (Å²) < 4.78 is 0. The molecule has 0 bridgehead atoms. The predicted octanol–water partition coefficient (Wildman–Crippen LogP) is 2.50. The summed E-state index contributed by atoms with van der Waals surface area (Å²) >= 11 is 0. The third kappa shape index (κ3) is 3.42. The Balaban J connectivity index is 1.96. The third-order valence-corrected chi connectivity index (χ3v) is 2.53. The van der Waals surface area contributed by atoms with Gasteiger partial charge < -0.3 is 4.84 Å². The lowest BCUT2D eigenvalue weighted by atomic mass is 10.1. The Morgan fingerprint density at radius 3 is 2.32 bits per heavy atom. The highest BCUT2D eigenvalue weighted by Crippen LogP contribution is 2.04. The van der Waals surface area contributed by atoms with Gasteiger partial charge in [0.2, 0.25) is 0 Å². The van der Waals surface area contributed by atoms with Gasteiger partial charge in [-0.25, -0.2) is 4.79 Å². The average Bonchev–Trinajstić information content (AvgIpc) is 2.45. The number of benzene rings is 2. The molecule has 0 saturated heterocycles. The van der Waals surface area contributed by atoms with E-state index in [-0.39, 0.29) is 0 Å². The molecule has 0 fully saturated rings. The quantitative estimate of drug-likeness (QED) is 0.839. The standard InChI is InChI=1S/C15H13NO3/c1-11-6-5-9-13(10-11)14(17)16-19-15(18)12-7-3-2-4-8-12/h2-10H,1H3,(H,16,17). The van der Waals surface area contributed by atoms with Crippen LogP contribution in [0.1, 0.15) is 26.3 Å². The van der Waals surface area contributed by atoms with Crippen LogP contribution >= 0.6 is 0 Å². The summed E-state index contributed by atoms with van der Waals surface area (Å²) in [5.74, 6) is -1.05. The van der Waals surface area contributed by atoms with Gasteiger partial charge in [-0.1, -0.05) is 35.9 Å². The molecule has 0 aromatic heterocycles. The minimum Gasteiger partial charge on any atom is -0.335 e. The van der Waals surface area contributed by atoms with E-state index in [9.17, 15) is 9.59 Å². The molecule has 1 amide bonds. The van der Waals surface area contributed by atoms with E-state index in [0.29, 0.717) is 11.1 Å². The van der Waals surface area contributed by atoms with Gasteiger partial charge in [0.15, 0.2) is 0 Å². The van der Waals surface area contributed by atoms with Crippen LogP contribution in [0.4, 0.5) is 0 Å². The van der Waals surface area contributed by atoms with Crippen LogP contribution in [-0.4, -0.2) is 11.9 Å². The highest BCUT2D eigenvalue weighted by molar-refractivity contribution is 5.96. The van der Waals surface area contributed by atoms with Crippen molar-refractivity contribution in [2.75, 3.05) is 0 Å². The molecule has 1 N–H and O–H groups in total. The van der Waals surface area contributed by atoms with Crippen LogP contribution in [0.15, 0.2) is 54.6 Å². The molecule has 0 aliphatic heterocycles. The zero-order valence-electron chi connectivity index (χ0n) is 10.4. The van der Waals surface area contributed by atoms with Crippen molar-refractivity contribution in [3.63, 3.8) is 0 Å². The van der Waals surface area contributed by atoms with Crippen molar-refractivity contribution in [1.29, 1.82) is 0 Å². The number of hydrogen-bond donors (Lipinski definition) is 1. The van der Waals surface area contributed by atoms with E-state index in [2.05, 4.69) is 5.48 Å². The van der Waals surface area contributed by atoms with Crippen LogP contribution < -0.4 is 5.48 Å². The number of nitrogens with one attached hydrogen (secondary N) is 1. The van der Waals surface area contributed by atoms with Crippen LogP contribution in [0.2, 0.25) is 0 Å². The third-order valence-electron chi connectivity index (χ3n) is 2.53. The summed E-state index contributed by atoms with van der Waals surface area (Å²) in [7, 11) is 0. The zero-order valence-corrected chi connectivity index (χ0v) is 10.4. The number of hydroxylamine groups is 1. The van der Waals surface area contributed by atoms with Gasteiger partial charge >= 0.3 is 5.97 Å². The lowest BCUT2D eigenvalue weighted by Gasteiger charge is -2.06. The van der Waals surface area contributed by atoms with Crippen molar-refractivity contribution >= 4 is 11.9 Å². The second kappa shape index (κ2) is 5.82. The lowest BCUT2D eigenvalue weighted by Crippen LogP contribution is -2.27. The van der Waals surface area contributed by atoms with Crippen LogP contribution in [0.25, 0.3) is 0 Å². The van der Waals surface area contributed by atoms with E-state index in [1.807, 2.05) is 13.0 Å². The predicted molar refractivity (Wildman–Crippen MR) is 70.5 cm³/mol. The Labute approximate surface area is 111 Å². The Bertz CT molecular complexity index is 593. The maximum absolute atomic E-state index is 11.7. The molecule has 0 spiro atoms. The summed E-state index contributed by atoms with van der Waals surface area (Å²) in [6.45, 7) is 1.88. The van der Waals surface area contributed by atoms with E-state index < -0.39 is 11.9 Å². The highest BCUT2D eigenvalue weighted by Gasteiger charge is 2.10. The number of carbonyl (C=O) groups is 2. The first-order chi connectivity index (χ1) is 9.16. The number of rotatable bonds is 2. The Hall–Kier alpha value is -2.62.